The lowest BCUT2D eigenvalue weighted by Crippen LogP contribution is -2.24. The van der Waals surface area contributed by atoms with Gasteiger partial charge in [0.2, 0.25) is 0 Å². The first kappa shape index (κ1) is 31.5. The Morgan fingerprint density at radius 3 is 2.51 bits per heavy atom. The number of carbonyl (C=O) groups is 1. The maximum Gasteiger partial charge on any atom is 0.420 e. The highest BCUT2D eigenvalue weighted by Gasteiger charge is 2.36. The third-order valence-electron chi connectivity index (χ3n) is 7.68. The molecular formula is C31H28F4N8O4. The van der Waals surface area contributed by atoms with Crippen molar-refractivity contribution in [1.29, 1.82) is 0 Å². The average molecular weight is 653 g/mol. The molecule has 12 nitrogen and oxygen atoms in total. The van der Waals surface area contributed by atoms with Crippen LogP contribution in [0.5, 0.6) is 23.0 Å². The van der Waals surface area contributed by atoms with E-state index in [2.05, 4.69) is 30.7 Å². The van der Waals surface area contributed by atoms with Crippen molar-refractivity contribution in [3.8, 4) is 23.0 Å². The summed E-state index contributed by atoms with van der Waals surface area (Å²) in [4.78, 5) is 27.2. The number of rotatable bonds is 9. The topological polar surface area (TPSA) is 128 Å². The molecule has 244 valence electrons. The Bertz CT molecular complexity index is 2000. The van der Waals surface area contributed by atoms with Gasteiger partial charge in [-0.3, -0.25) is 9.69 Å². The molecule has 1 amide bonds. The van der Waals surface area contributed by atoms with Crippen LogP contribution in [0.25, 0.3) is 16.6 Å². The highest BCUT2D eigenvalue weighted by atomic mass is 19.4. The largest absolute Gasteiger partial charge is 0.494 e. The van der Waals surface area contributed by atoms with Gasteiger partial charge in [0, 0.05) is 35.8 Å². The number of carbonyl (C=O) groups excluding carboxylic acids is 1. The van der Waals surface area contributed by atoms with E-state index in [1.165, 1.54) is 67.9 Å². The zero-order valence-corrected chi connectivity index (χ0v) is 25.3. The summed E-state index contributed by atoms with van der Waals surface area (Å²) in [6.45, 7) is 0.801. The third-order valence-corrected chi connectivity index (χ3v) is 7.68. The Kier molecular flexibility index (Phi) is 8.51. The molecule has 4 heterocycles. The molecule has 5 aromatic rings. The van der Waals surface area contributed by atoms with Gasteiger partial charge in [0.25, 0.3) is 5.91 Å². The Labute approximate surface area is 265 Å². The van der Waals surface area contributed by atoms with E-state index in [1.807, 2.05) is 11.9 Å². The third kappa shape index (κ3) is 6.58. The first-order valence-electron chi connectivity index (χ1n) is 14.3. The van der Waals surface area contributed by atoms with Gasteiger partial charge < -0.3 is 24.8 Å². The van der Waals surface area contributed by atoms with Gasteiger partial charge in [-0.15, -0.1) is 0 Å². The number of alkyl halides is 3. The number of pyridine rings is 1. The normalized spacial score (nSPS) is 15.6. The van der Waals surface area contributed by atoms with Crippen LogP contribution in [0.4, 0.5) is 34.8 Å². The number of anilines is 3. The van der Waals surface area contributed by atoms with Crippen LogP contribution in [0.2, 0.25) is 0 Å². The number of amides is 1. The minimum absolute atomic E-state index is 0.00875. The van der Waals surface area contributed by atoms with E-state index >= 15 is 0 Å². The summed E-state index contributed by atoms with van der Waals surface area (Å²) in [6, 6.07) is 7.57. The predicted octanol–water partition coefficient (Wildman–Crippen LogP) is 6.13. The second-order valence-electron chi connectivity index (χ2n) is 10.6. The van der Waals surface area contributed by atoms with Crippen molar-refractivity contribution in [3.05, 3.63) is 72.7 Å². The van der Waals surface area contributed by atoms with Crippen LogP contribution in [-0.4, -0.2) is 69.2 Å². The molecule has 0 bridgehead atoms. The summed E-state index contributed by atoms with van der Waals surface area (Å²) < 4.78 is 75.8. The number of methoxy groups -OCH3 is 2. The number of halogens is 4. The Morgan fingerprint density at radius 2 is 1.79 bits per heavy atom. The molecule has 6 rings (SSSR count). The number of benzene rings is 2. The van der Waals surface area contributed by atoms with E-state index in [1.54, 1.807) is 0 Å². The van der Waals surface area contributed by atoms with Gasteiger partial charge in [-0.05, 0) is 50.7 Å². The second kappa shape index (κ2) is 12.7. The van der Waals surface area contributed by atoms with Gasteiger partial charge in [-0.1, -0.05) is 0 Å². The lowest BCUT2D eigenvalue weighted by molar-refractivity contribution is -0.138. The van der Waals surface area contributed by atoms with Crippen molar-refractivity contribution in [2.24, 2.45) is 0 Å². The van der Waals surface area contributed by atoms with Crippen molar-refractivity contribution < 1.29 is 36.6 Å². The molecule has 16 heteroatoms. The highest BCUT2D eigenvalue weighted by Crippen LogP contribution is 2.45. The number of hydrogen-bond donors (Lipinski definition) is 2. The maximum absolute atomic E-state index is 14.9. The molecule has 2 N–H and O–H groups in total. The summed E-state index contributed by atoms with van der Waals surface area (Å²) in [5, 5.41) is 9.66. The molecule has 1 aliphatic rings. The molecule has 3 aromatic heterocycles. The summed E-state index contributed by atoms with van der Waals surface area (Å²) in [5.74, 6) is -2.07. The Morgan fingerprint density at radius 1 is 1.00 bits per heavy atom. The molecule has 0 aliphatic carbocycles. The lowest BCUT2D eigenvalue weighted by Gasteiger charge is -2.19. The predicted molar refractivity (Wildman–Crippen MR) is 164 cm³/mol. The van der Waals surface area contributed by atoms with E-state index in [0.717, 1.165) is 31.5 Å². The van der Waals surface area contributed by atoms with Gasteiger partial charge in [-0.25, -0.2) is 23.9 Å². The van der Waals surface area contributed by atoms with Crippen molar-refractivity contribution in [1.82, 2.24) is 29.5 Å². The van der Waals surface area contributed by atoms with E-state index in [-0.39, 0.29) is 40.5 Å². The number of nitrogens with zero attached hydrogens (tertiary/aromatic N) is 6. The van der Waals surface area contributed by atoms with Crippen molar-refractivity contribution in [2.45, 2.75) is 25.1 Å². The first-order chi connectivity index (χ1) is 22.5. The van der Waals surface area contributed by atoms with Crippen LogP contribution < -0.4 is 24.8 Å². The molecule has 0 saturated carbocycles. The number of hydrogen-bond acceptors (Lipinski definition) is 10. The smallest absolute Gasteiger partial charge is 0.420 e. The lowest BCUT2D eigenvalue weighted by atomic mass is 10.1. The molecule has 1 fully saturated rings. The fourth-order valence-electron chi connectivity index (χ4n) is 5.27. The van der Waals surface area contributed by atoms with Gasteiger partial charge >= 0.3 is 6.18 Å². The van der Waals surface area contributed by atoms with E-state index in [4.69, 9.17) is 14.2 Å². The quantitative estimate of drug-likeness (QED) is 0.142. The molecular weight excluding hydrogens is 624 g/mol. The summed E-state index contributed by atoms with van der Waals surface area (Å²) in [7, 11) is 4.52. The summed E-state index contributed by atoms with van der Waals surface area (Å²) >= 11 is 0. The summed E-state index contributed by atoms with van der Waals surface area (Å²) in [5.41, 5.74) is -0.368. The van der Waals surface area contributed by atoms with Crippen molar-refractivity contribution in [3.63, 3.8) is 0 Å². The van der Waals surface area contributed by atoms with Crippen molar-refractivity contribution >= 4 is 39.6 Å². The molecule has 2 aromatic carbocycles. The standard InChI is InChI=1S/C31H28F4N8O4/c1-42-7-4-5-17(42)9-21(32)30(44)41-23-11-19-22(13-26(23)45-2)36-15-38-29(19)40-24-12-20(31(33,34)35)25(14-27(24)46-3)47-18-6-8-43-28(10-18)37-16-39-43/h6,8-17H,4-5,7H2,1-3H3,(H,41,44)(H,36,38,40)/b21-9+/t17-/m1/s1. The SMILES string of the molecule is COc1cc2ncnc(Nc3cc(C(F)(F)F)c(Oc4ccn5ncnc5c4)cc3OC)c2cc1NC(=O)/C(F)=C\[C@H]1CCCN1C. The molecule has 1 atom stereocenters. The van der Waals surface area contributed by atoms with Crippen LogP contribution >= 0.6 is 0 Å². The molecule has 47 heavy (non-hydrogen) atoms. The van der Waals surface area contributed by atoms with Gasteiger partial charge in [0.15, 0.2) is 11.5 Å². The minimum atomic E-state index is -4.82. The minimum Gasteiger partial charge on any atom is -0.494 e. The van der Waals surface area contributed by atoms with Crippen LogP contribution in [0.1, 0.15) is 18.4 Å². The van der Waals surface area contributed by atoms with Crippen molar-refractivity contribution in [2.75, 3.05) is 38.4 Å². The number of nitrogens with one attached hydrogen (secondary N) is 2. The van der Waals surface area contributed by atoms with Crippen LogP contribution in [0.15, 0.2) is 67.2 Å². The average Bonchev–Trinajstić information content (AvgIpc) is 3.68. The van der Waals surface area contributed by atoms with Gasteiger partial charge in [0.1, 0.15) is 47.0 Å². The number of ether oxygens (including phenoxy) is 3. The van der Waals surface area contributed by atoms with Crippen LogP contribution in [-0.2, 0) is 11.0 Å². The zero-order chi connectivity index (χ0) is 33.3. The molecule has 0 radical (unpaired) electrons. The number of likely N-dealkylation sites (tertiary alicyclic amines) is 1. The fraction of sp³-hybridized carbons (Fsp3) is 0.258. The number of fused-ring (bicyclic) bond motifs is 2. The second-order valence-corrected chi connectivity index (χ2v) is 10.6. The Balaban J connectivity index is 1.34. The molecule has 1 aliphatic heterocycles. The van der Waals surface area contributed by atoms with Gasteiger partial charge in [0.05, 0.1) is 31.1 Å². The van der Waals surface area contributed by atoms with Crippen LogP contribution in [0, 0.1) is 0 Å². The number of likely N-dealkylation sites (N-methyl/N-ethyl adjacent to an activating group) is 1. The summed E-state index contributed by atoms with van der Waals surface area (Å²) in [6.07, 6.45) is 2.10. The van der Waals surface area contributed by atoms with E-state index in [9.17, 15) is 22.4 Å². The highest BCUT2D eigenvalue weighted by molar-refractivity contribution is 6.05. The van der Waals surface area contributed by atoms with E-state index in [0.29, 0.717) is 16.6 Å². The van der Waals surface area contributed by atoms with Crippen LogP contribution in [0.3, 0.4) is 0 Å². The molecule has 0 spiro atoms. The monoisotopic (exact) mass is 652 g/mol. The fourth-order valence-corrected chi connectivity index (χ4v) is 5.27. The zero-order valence-electron chi connectivity index (χ0n) is 25.3. The maximum atomic E-state index is 14.9. The van der Waals surface area contributed by atoms with Gasteiger partial charge in [-0.2, -0.15) is 18.3 Å². The van der Waals surface area contributed by atoms with E-state index < -0.39 is 29.2 Å². The first-order valence-corrected chi connectivity index (χ1v) is 14.3. The number of aromatic nitrogens is 5. The molecule has 1 saturated heterocycles. The Hall–Kier alpha value is -5.51. The molecule has 0 unspecified atom stereocenters.